The third kappa shape index (κ3) is 2.08. The maximum Gasteiger partial charge on any atom is 0.0373 e. The Hall–Kier alpha value is -1.76. The summed E-state index contributed by atoms with van der Waals surface area (Å²) in [6.45, 7) is 4.22. The fourth-order valence-electron chi connectivity index (χ4n) is 1.82. The highest BCUT2D eigenvalue weighted by atomic mass is 14.8. The molecule has 0 atom stereocenters. The molecule has 1 heteroatoms. The van der Waals surface area contributed by atoms with Gasteiger partial charge in [-0.05, 0) is 36.6 Å². The van der Waals surface area contributed by atoms with Crippen LogP contribution >= 0.6 is 0 Å². The van der Waals surface area contributed by atoms with Gasteiger partial charge in [0.15, 0.2) is 0 Å². The van der Waals surface area contributed by atoms with E-state index < -0.39 is 0 Å². The highest BCUT2D eigenvalue weighted by molar-refractivity contribution is 5.70. The summed E-state index contributed by atoms with van der Waals surface area (Å²) in [4.78, 5) is 0. The summed E-state index contributed by atoms with van der Waals surface area (Å²) in [6.07, 6.45) is 0. The molecule has 0 saturated carbocycles. The number of rotatable bonds is 2. The number of hydrogen-bond acceptors (Lipinski definition) is 1. The Morgan fingerprint density at radius 2 is 1.44 bits per heavy atom. The number of hydrogen-bond donors (Lipinski definition) is 1. The molecule has 0 fully saturated rings. The Labute approximate surface area is 97.1 Å². The second kappa shape index (κ2) is 4.40. The third-order valence-electron chi connectivity index (χ3n) is 2.89. The molecule has 0 aliphatic carbocycles. The van der Waals surface area contributed by atoms with E-state index in [1.54, 1.807) is 0 Å². The summed E-state index contributed by atoms with van der Waals surface area (Å²) in [6, 6.07) is 15.1. The predicted octanol–water partition coefficient (Wildman–Crippen LogP) is 4.01. The van der Waals surface area contributed by atoms with Gasteiger partial charge in [0.25, 0.3) is 0 Å². The summed E-state index contributed by atoms with van der Waals surface area (Å²) in [5, 5.41) is 3.22. The van der Waals surface area contributed by atoms with Gasteiger partial charge in [0.05, 0.1) is 0 Å². The van der Waals surface area contributed by atoms with Gasteiger partial charge in [-0.2, -0.15) is 0 Å². The molecule has 1 N–H and O–H groups in total. The van der Waals surface area contributed by atoms with Crippen molar-refractivity contribution in [2.24, 2.45) is 0 Å². The van der Waals surface area contributed by atoms with E-state index >= 15 is 0 Å². The Bertz CT molecular complexity index is 483. The monoisotopic (exact) mass is 211 g/mol. The standard InChI is InChI=1S/C15H17N/c1-11-4-7-13(8-5-11)14-9-6-12(2)15(10-14)16-3/h4-10,16H,1-3H3. The molecule has 0 bridgehead atoms. The lowest BCUT2D eigenvalue weighted by Crippen LogP contribution is -1.91. The van der Waals surface area contributed by atoms with Crippen molar-refractivity contribution in [3.8, 4) is 11.1 Å². The van der Waals surface area contributed by atoms with Crippen molar-refractivity contribution >= 4 is 5.69 Å². The molecule has 0 aliphatic rings. The lowest BCUT2D eigenvalue weighted by molar-refractivity contribution is 1.40. The largest absolute Gasteiger partial charge is 0.388 e. The van der Waals surface area contributed by atoms with E-state index in [0.29, 0.717) is 0 Å². The minimum atomic E-state index is 1.19. The van der Waals surface area contributed by atoms with Gasteiger partial charge in [-0.3, -0.25) is 0 Å². The molecule has 2 rings (SSSR count). The second-order valence-corrected chi connectivity index (χ2v) is 4.15. The first kappa shape index (κ1) is 10.7. The van der Waals surface area contributed by atoms with E-state index in [-0.39, 0.29) is 0 Å². The average Bonchev–Trinajstić information content (AvgIpc) is 2.31. The summed E-state index contributed by atoms with van der Waals surface area (Å²) in [5.41, 5.74) is 6.29. The van der Waals surface area contributed by atoms with E-state index in [1.807, 2.05) is 7.05 Å². The van der Waals surface area contributed by atoms with Crippen LogP contribution in [0.1, 0.15) is 11.1 Å². The topological polar surface area (TPSA) is 12.0 Å². The number of nitrogens with one attached hydrogen (secondary N) is 1. The lowest BCUT2D eigenvalue weighted by Gasteiger charge is -2.08. The minimum absolute atomic E-state index is 1.19. The van der Waals surface area contributed by atoms with Gasteiger partial charge in [0, 0.05) is 12.7 Å². The van der Waals surface area contributed by atoms with Crippen LogP contribution in [-0.2, 0) is 0 Å². The quantitative estimate of drug-likeness (QED) is 0.791. The molecular formula is C15H17N. The Balaban J connectivity index is 2.44. The van der Waals surface area contributed by atoms with Crippen molar-refractivity contribution in [2.45, 2.75) is 13.8 Å². The van der Waals surface area contributed by atoms with Crippen LogP contribution in [-0.4, -0.2) is 7.05 Å². The molecule has 1 nitrogen and oxygen atoms in total. The molecule has 82 valence electrons. The van der Waals surface area contributed by atoms with Crippen molar-refractivity contribution < 1.29 is 0 Å². The second-order valence-electron chi connectivity index (χ2n) is 4.15. The Morgan fingerprint density at radius 1 is 0.812 bits per heavy atom. The fourth-order valence-corrected chi connectivity index (χ4v) is 1.82. The Kier molecular flexibility index (Phi) is 2.95. The molecule has 16 heavy (non-hydrogen) atoms. The first-order chi connectivity index (χ1) is 7.70. The van der Waals surface area contributed by atoms with Gasteiger partial charge in [-0.1, -0.05) is 42.0 Å². The third-order valence-corrected chi connectivity index (χ3v) is 2.89. The van der Waals surface area contributed by atoms with Gasteiger partial charge in [0.1, 0.15) is 0 Å². The summed E-state index contributed by atoms with van der Waals surface area (Å²) in [5.74, 6) is 0. The molecule has 0 aliphatic heterocycles. The van der Waals surface area contributed by atoms with Crippen LogP contribution in [0, 0.1) is 13.8 Å². The van der Waals surface area contributed by atoms with Gasteiger partial charge in [0.2, 0.25) is 0 Å². The summed E-state index contributed by atoms with van der Waals surface area (Å²) >= 11 is 0. The molecule has 0 heterocycles. The van der Waals surface area contributed by atoms with E-state index in [1.165, 1.54) is 27.9 Å². The van der Waals surface area contributed by atoms with Crippen molar-refractivity contribution in [3.63, 3.8) is 0 Å². The SMILES string of the molecule is CNc1cc(-c2ccc(C)cc2)ccc1C. The number of benzene rings is 2. The molecule has 2 aromatic rings. The smallest absolute Gasteiger partial charge is 0.0373 e. The first-order valence-electron chi connectivity index (χ1n) is 5.56. The van der Waals surface area contributed by atoms with E-state index in [9.17, 15) is 0 Å². The normalized spacial score (nSPS) is 10.2. The zero-order valence-electron chi connectivity index (χ0n) is 10.0. The highest BCUT2D eigenvalue weighted by Gasteiger charge is 2.00. The lowest BCUT2D eigenvalue weighted by atomic mass is 10.0. The molecular weight excluding hydrogens is 194 g/mol. The zero-order chi connectivity index (χ0) is 11.5. The molecule has 0 unspecified atom stereocenters. The van der Waals surface area contributed by atoms with Crippen molar-refractivity contribution in [3.05, 3.63) is 53.6 Å². The van der Waals surface area contributed by atoms with Gasteiger partial charge in [-0.15, -0.1) is 0 Å². The van der Waals surface area contributed by atoms with E-state index in [4.69, 9.17) is 0 Å². The average molecular weight is 211 g/mol. The molecule has 0 amide bonds. The maximum absolute atomic E-state index is 3.22. The zero-order valence-corrected chi connectivity index (χ0v) is 10.0. The molecule has 0 radical (unpaired) electrons. The van der Waals surface area contributed by atoms with E-state index in [2.05, 4.69) is 61.6 Å². The maximum atomic E-state index is 3.22. The minimum Gasteiger partial charge on any atom is -0.388 e. The fraction of sp³-hybridized carbons (Fsp3) is 0.200. The number of aryl methyl sites for hydroxylation is 2. The van der Waals surface area contributed by atoms with Crippen LogP contribution in [0.2, 0.25) is 0 Å². The van der Waals surface area contributed by atoms with Crippen LogP contribution in [0.15, 0.2) is 42.5 Å². The first-order valence-corrected chi connectivity index (χ1v) is 5.56. The molecule has 0 spiro atoms. The van der Waals surface area contributed by atoms with Crippen molar-refractivity contribution in [1.82, 2.24) is 0 Å². The van der Waals surface area contributed by atoms with Crippen LogP contribution in [0.3, 0.4) is 0 Å². The van der Waals surface area contributed by atoms with Crippen molar-refractivity contribution in [2.75, 3.05) is 12.4 Å². The van der Waals surface area contributed by atoms with Crippen LogP contribution < -0.4 is 5.32 Å². The van der Waals surface area contributed by atoms with Crippen molar-refractivity contribution in [1.29, 1.82) is 0 Å². The van der Waals surface area contributed by atoms with Crippen LogP contribution in [0.5, 0.6) is 0 Å². The molecule has 2 aromatic carbocycles. The summed E-state index contributed by atoms with van der Waals surface area (Å²) < 4.78 is 0. The van der Waals surface area contributed by atoms with Crippen LogP contribution in [0.25, 0.3) is 11.1 Å². The van der Waals surface area contributed by atoms with Gasteiger partial charge in [-0.25, -0.2) is 0 Å². The predicted molar refractivity (Wildman–Crippen MR) is 70.9 cm³/mol. The summed E-state index contributed by atoms with van der Waals surface area (Å²) in [7, 11) is 1.96. The number of anilines is 1. The highest BCUT2D eigenvalue weighted by Crippen LogP contribution is 2.25. The van der Waals surface area contributed by atoms with E-state index in [0.717, 1.165) is 0 Å². The van der Waals surface area contributed by atoms with Crippen LogP contribution in [0.4, 0.5) is 5.69 Å². The Morgan fingerprint density at radius 3 is 2.06 bits per heavy atom. The van der Waals surface area contributed by atoms with Gasteiger partial charge < -0.3 is 5.32 Å². The molecule has 0 saturated heterocycles. The van der Waals surface area contributed by atoms with Gasteiger partial charge >= 0.3 is 0 Å². The molecule has 0 aromatic heterocycles.